The number of hydrogen-bond donors (Lipinski definition) is 0. The van der Waals surface area contributed by atoms with Crippen LogP contribution in [0.1, 0.15) is 26.3 Å². The lowest BCUT2D eigenvalue weighted by atomic mass is 10.2. The molecule has 0 aliphatic rings. The third kappa shape index (κ3) is 4.29. The van der Waals surface area contributed by atoms with Gasteiger partial charge in [-0.25, -0.2) is 0 Å². The van der Waals surface area contributed by atoms with Crippen molar-refractivity contribution in [2.75, 3.05) is 6.66 Å². The lowest BCUT2D eigenvalue weighted by Crippen LogP contribution is -2.11. The van der Waals surface area contributed by atoms with Gasteiger partial charge in [0, 0.05) is 8.41 Å². The number of benzene rings is 1. The fourth-order valence-electron chi connectivity index (χ4n) is 1.09. The maximum atomic E-state index is 2.39. The molecule has 0 bridgehead atoms. The van der Waals surface area contributed by atoms with Crippen molar-refractivity contribution >= 4 is 16.3 Å². The topological polar surface area (TPSA) is 0 Å². The summed E-state index contributed by atoms with van der Waals surface area (Å²) in [6.07, 6.45) is 1.25. The van der Waals surface area contributed by atoms with E-state index in [9.17, 15) is 0 Å². The van der Waals surface area contributed by atoms with Crippen molar-refractivity contribution < 1.29 is 0 Å². The molecule has 0 heterocycles. The van der Waals surface area contributed by atoms with Crippen LogP contribution in [0.4, 0.5) is 0 Å². The van der Waals surface area contributed by atoms with Crippen molar-refractivity contribution in [3.8, 4) is 0 Å². The van der Waals surface area contributed by atoms with Gasteiger partial charge >= 0.3 is 0 Å². The van der Waals surface area contributed by atoms with E-state index in [1.54, 1.807) is 0 Å². The summed E-state index contributed by atoms with van der Waals surface area (Å²) in [6, 6.07) is 10.8. The van der Waals surface area contributed by atoms with Crippen LogP contribution in [0, 0.1) is 0 Å². The fraction of sp³-hybridized carbons (Fsp3) is 0.500. The van der Waals surface area contributed by atoms with E-state index in [-0.39, 0.29) is 16.3 Å². The summed E-state index contributed by atoms with van der Waals surface area (Å²) in [5.41, 5.74) is 1.48. The highest BCUT2D eigenvalue weighted by molar-refractivity contribution is 7.57. The zero-order valence-electron chi connectivity index (χ0n) is 9.62. The molecular weight excluding hydrogens is 186 g/mol. The SMILES string of the molecule is C[P@@](Cc1ccccc1)C(C)(C)C.[B]. The molecule has 0 saturated heterocycles. The Kier molecular flexibility index (Phi) is 5.45. The molecule has 0 fully saturated rings. The van der Waals surface area contributed by atoms with Crippen LogP contribution in [0.3, 0.4) is 0 Å². The fourth-order valence-corrected chi connectivity index (χ4v) is 2.33. The second kappa shape index (κ2) is 5.56. The Balaban J connectivity index is 0.00000169. The average Bonchev–Trinajstić information content (AvgIpc) is 2.04. The highest BCUT2D eigenvalue weighted by Gasteiger charge is 2.18. The van der Waals surface area contributed by atoms with Gasteiger partial charge in [0.15, 0.2) is 0 Å². The van der Waals surface area contributed by atoms with Crippen molar-refractivity contribution in [2.24, 2.45) is 0 Å². The first kappa shape index (κ1) is 13.7. The minimum atomic E-state index is 0. The third-order valence-electron chi connectivity index (χ3n) is 2.41. The molecule has 75 valence electrons. The van der Waals surface area contributed by atoms with Crippen LogP contribution in [-0.2, 0) is 6.16 Å². The Morgan fingerprint density at radius 2 is 1.57 bits per heavy atom. The second-order valence-electron chi connectivity index (χ2n) is 4.51. The van der Waals surface area contributed by atoms with Crippen molar-refractivity contribution in [3.05, 3.63) is 35.9 Å². The predicted octanol–water partition coefficient (Wildman–Crippen LogP) is 3.72. The standard InChI is InChI=1S/C12H19P.B/c1-12(2,3)13(4)10-11-8-6-5-7-9-11;/h5-9H,10H2,1-4H3;/t13-;/m0./s1. The van der Waals surface area contributed by atoms with Gasteiger partial charge in [0.1, 0.15) is 0 Å². The Bertz CT molecular complexity index is 251. The van der Waals surface area contributed by atoms with Crippen LogP contribution < -0.4 is 0 Å². The molecular formula is C12H19BP. The lowest BCUT2D eigenvalue weighted by molar-refractivity contribution is 0.782. The highest BCUT2D eigenvalue weighted by Crippen LogP contribution is 2.48. The molecule has 0 aliphatic heterocycles. The molecule has 3 radical (unpaired) electrons. The Hall–Kier alpha value is -0.285. The van der Waals surface area contributed by atoms with Crippen molar-refractivity contribution in [1.82, 2.24) is 0 Å². The van der Waals surface area contributed by atoms with Crippen molar-refractivity contribution in [3.63, 3.8) is 0 Å². The largest absolute Gasteiger partial charge is 0.0999 e. The molecule has 0 nitrogen and oxygen atoms in total. The van der Waals surface area contributed by atoms with E-state index in [0.29, 0.717) is 5.16 Å². The first-order valence-corrected chi connectivity index (χ1v) is 6.73. The number of rotatable bonds is 2. The summed E-state index contributed by atoms with van der Waals surface area (Å²) in [5.74, 6) is 0. The molecule has 0 aliphatic carbocycles. The molecule has 0 aromatic heterocycles. The van der Waals surface area contributed by atoms with Gasteiger partial charge < -0.3 is 0 Å². The normalized spacial score (nSPS) is 13.1. The average molecular weight is 205 g/mol. The van der Waals surface area contributed by atoms with Crippen LogP contribution >= 0.6 is 7.92 Å². The van der Waals surface area contributed by atoms with Gasteiger partial charge in [-0.15, -0.1) is 0 Å². The predicted molar refractivity (Wildman–Crippen MR) is 68.5 cm³/mol. The molecule has 1 aromatic rings. The molecule has 0 amide bonds. The van der Waals surface area contributed by atoms with Gasteiger partial charge in [0.25, 0.3) is 0 Å². The van der Waals surface area contributed by atoms with Crippen molar-refractivity contribution in [1.29, 1.82) is 0 Å². The van der Waals surface area contributed by atoms with E-state index in [1.807, 2.05) is 0 Å². The smallest absolute Gasteiger partial charge is 0 e. The van der Waals surface area contributed by atoms with Gasteiger partial charge in [0.2, 0.25) is 0 Å². The van der Waals surface area contributed by atoms with Gasteiger partial charge in [-0.2, -0.15) is 0 Å². The van der Waals surface area contributed by atoms with Crippen LogP contribution in [0.5, 0.6) is 0 Å². The Morgan fingerprint density at radius 3 is 2.00 bits per heavy atom. The lowest BCUT2D eigenvalue weighted by Gasteiger charge is -2.27. The molecule has 0 unspecified atom stereocenters. The van der Waals surface area contributed by atoms with Crippen LogP contribution in [0.25, 0.3) is 0 Å². The van der Waals surface area contributed by atoms with E-state index in [2.05, 4.69) is 57.8 Å². The summed E-state index contributed by atoms with van der Waals surface area (Å²) in [5, 5.41) is 0.477. The molecule has 0 saturated carbocycles. The first-order chi connectivity index (χ1) is 6.00. The minimum absolute atomic E-state index is 0. The maximum Gasteiger partial charge on any atom is 0 e. The van der Waals surface area contributed by atoms with E-state index in [0.717, 1.165) is 0 Å². The van der Waals surface area contributed by atoms with E-state index >= 15 is 0 Å². The van der Waals surface area contributed by atoms with Gasteiger partial charge in [-0.05, 0) is 23.5 Å². The van der Waals surface area contributed by atoms with E-state index < -0.39 is 0 Å². The molecule has 1 aromatic carbocycles. The maximum absolute atomic E-state index is 2.39. The Labute approximate surface area is 91.4 Å². The monoisotopic (exact) mass is 205 g/mol. The van der Waals surface area contributed by atoms with Crippen LogP contribution in [-0.4, -0.2) is 20.2 Å². The summed E-state index contributed by atoms with van der Waals surface area (Å²) in [7, 11) is 0.102. The highest BCUT2D eigenvalue weighted by atomic mass is 31.1. The second-order valence-corrected chi connectivity index (χ2v) is 7.57. The van der Waals surface area contributed by atoms with Gasteiger partial charge in [-0.3, -0.25) is 0 Å². The first-order valence-electron chi connectivity index (χ1n) is 4.75. The zero-order chi connectivity index (χ0) is 9.90. The quantitative estimate of drug-likeness (QED) is 0.509. The molecule has 0 spiro atoms. The van der Waals surface area contributed by atoms with Gasteiger partial charge in [0.05, 0.1) is 0 Å². The summed E-state index contributed by atoms with van der Waals surface area (Å²) >= 11 is 0. The van der Waals surface area contributed by atoms with Crippen LogP contribution in [0.15, 0.2) is 30.3 Å². The van der Waals surface area contributed by atoms with Crippen LogP contribution in [0.2, 0.25) is 0 Å². The summed E-state index contributed by atoms with van der Waals surface area (Å²) < 4.78 is 0. The van der Waals surface area contributed by atoms with E-state index in [1.165, 1.54) is 11.7 Å². The minimum Gasteiger partial charge on any atom is -0.0999 e. The number of hydrogen-bond acceptors (Lipinski definition) is 0. The summed E-state index contributed by atoms with van der Waals surface area (Å²) in [4.78, 5) is 0. The molecule has 1 atom stereocenters. The van der Waals surface area contributed by atoms with E-state index in [4.69, 9.17) is 0 Å². The molecule has 0 N–H and O–H groups in total. The zero-order valence-corrected chi connectivity index (χ0v) is 10.5. The molecule has 1 rings (SSSR count). The molecule has 14 heavy (non-hydrogen) atoms. The third-order valence-corrected chi connectivity index (χ3v) is 5.54. The van der Waals surface area contributed by atoms with Crippen molar-refractivity contribution in [2.45, 2.75) is 32.1 Å². The Morgan fingerprint density at radius 1 is 1.07 bits per heavy atom. The summed E-state index contributed by atoms with van der Waals surface area (Å²) in [6.45, 7) is 9.40. The molecule has 2 heteroatoms. The van der Waals surface area contributed by atoms with Gasteiger partial charge in [-0.1, -0.05) is 59.0 Å².